The van der Waals surface area contributed by atoms with Crippen molar-refractivity contribution in [3.05, 3.63) is 83.7 Å². The molecule has 2 N–H and O–H groups in total. The molecule has 0 amide bonds. The van der Waals surface area contributed by atoms with E-state index in [-0.39, 0.29) is 11.3 Å². The van der Waals surface area contributed by atoms with E-state index in [0.717, 1.165) is 0 Å². The summed E-state index contributed by atoms with van der Waals surface area (Å²) in [6.07, 6.45) is 4.55. The number of hydrogen-bond donors (Lipinski definition) is 2. The summed E-state index contributed by atoms with van der Waals surface area (Å²) in [6, 6.07) is 14.4. The summed E-state index contributed by atoms with van der Waals surface area (Å²) in [7, 11) is 1.47. The van der Waals surface area contributed by atoms with Crippen LogP contribution in [0.3, 0.4) is 0 Å². The highest BCUT2D eigenvalue weighted by Gasteiger charge is 2.12. The van der Waals surface area contributed by atoms with Crippen molar-refractivity contribution in [1.82, 2.24) is 4.98 Å². The third-order valence-electron chi connectivity index (χ3n) is 3.83. The van der Waals surface area contributed by atoms with Crippen molar-refractivity contribution in [2.24, 2.45) is 5.10 Å². The number of carboxylic acids is 1. The third kappa shape index (κ3) is 5.16. The minimum absolute atomic E-state index is 0.195. The van der Waals surface area contributed by atoms with Gasteiger partial charge in [0.05, 0.1) is 30.1 Å². The lowest BCUT2D eigenvalue weighted by Gasteiger charge is -2.09. The van der Waals surface area contributed by atoms with Gasteiger partial charge in [-0.3, -0.25) is 10.4 Å². The maximum Gasteiger partial charge on any atom is 0.345 e. The van der Waals surface area contributed by atoms with Crippen LogP contribution in [-0.2, 0) is 0 Å². The summed E-state index contributed by atoms with van der Waals surface area (Å²) in [6.45, 7) is 0. The Bertz CT molecular complexity index is 1030. The molecule has 0 aliphatic carbocycles. The number of aromatic nitrogens is 1. The monoisotopic (exact) mass is 391 g/mol. The predicted octanol–water partition coefficient (Wildman–Crippen LogP) is 3.45. The molecule has 2 aromatic carbocycles. The SMILES string of the molecule is COc1cc(/C=N/Nc2ccc(C(=O)O)cc2)ccc1OC(=O)c1cccnc1. The van der Waals surface area contributed by atoms with Gasteiger partial charge in [-0.2, -0.15) is 5.10 Å². The number of esters is 1. The molecule has 3 aromatic rings. The van der Waals surface area contributed by atoms with E-state index in [1.807, 2.05) is 0 Å². The molecule has 0 aliphatic heterocycles. The number of anilines is 1. The number of ether oxygens (including phenoxy) is 2. The van der Waals surface area contributed by atoms with Crippen molar-refractivity contribution in [2.75, 3.05) is 12.5 Å². The number of aromatic carboxylic acids is 1. The van der Waals surface area contributed by atoms with Gasteiger partial charge < -0.3 is 14.6 Å². The number of benzene rings is 2. The first-order valence-corrected chi connectivity index (χ1v) is 8.49. The van der Waals surface area contributed by atoms with Gasteiger partial charge in [0.25, 0.3) is 0 Å². The zero-order valence-corrected chi connectivity index (χ0v) is 15.4. The molecule has 3 rings (SSSR count). The average Bonchev–Trinajstić information content (AvgIpc) is 2.75. The molecule has 8 nitrogen and oxygen atoms in total. The second kappa shape index (κ2) is 9.14. The van der Waals surface area contributed by atoms with E-state index >= 15 is 0 Å². The van der Waals surface area contributed by atoms with E-state index in [1.165, 1.54) is 25.4 Å². The molecule has 0 unspecified atom stereocenters. The smallest absolute Gasteiger partial charge is 0.345 e. The number of rotatable bonds is 7. The normalized spacial score (nSPS) is 10.5. The number of methoxy groups -OCH3 is 1. The van der Waals surface area contributed by atoms with Gasteiger partial charge in [-0.15, -0.1) is 0 Å². The van der Waals surface area contributed by atoms with Crippen molar-refractivity contribution in [3.63, 3.8) is 0 Å². The second-order valence-corrected chi connectivity index (χ2v) is 5.79. The number of nitrogens with one attached hydrogen (secondary N) is 1. The van der Waals surface area contributed by atoms with Crippen LogP contribution in [-0.4, -0.2) is 35.4 Å². The van der Waals surface area contributed by atoms with E-state index in [9.17, 15) is 9.59 Å². The molecule has 0 saturated heterocycles. The van der Waals surface area contributed by atoms with Crippen molar-refractivity contribution in [2.45, 2.75) is 0 Å². The van der Waals surface area contributed by atoms with Crippen molar-refractivity contribution >= 4 is 23.8 Å². The molecule has 0 aliphatic rings. The largest absolute Gasteiger partial charge is 0.493 e. The molecular weight excluding hydrogens is 374 g/mol. The second-order valence-electron chi connectivity index (χ2n) is 5.79. The van der Waals surface area contributed by atoms with Crippen LogP contribution in [0.4, 0.5) is 5.69 Å². The number of hydrazone groups is 1. The lowest BCUT2D eigenvalue weighted by atomic mass is 10.2. The fourth-order valence-electron chi connectivity index (χ4n) is 2.36. The number of nitrogens with zero attached hydrogens (tertiary/aromatic N) is 2. The van der Waals surface area contributed by atoms with Crippen LogP contribution >= 0.6 is 0 Å². The van der Waals surface area contributed by atoms with Crippen LogP contribution in [0.1, 0.15) is 26.3 Å². The van der Waals surface area contributed by atoms with Crippen LogP contribution in [0.2, 0.25) is 0 Å². The van der Waals surface area contributed by atoms with Crippen molar-refractivity contribution < 1.29 is 24.2 Å². The molecule has 29 heavy (non-hydrogen) atoms. The van der Waals surface area contributed by atoms with Gasteiger partial charge in [-0.05, 0) is 60.2 Å². The van der Waals surface area contributed by atoms with Gasteiger partial charge in [0.1, 0.15) is 0 Å². The maximum absolute atomic E-state index is 12.2. The van der Waals surface area contributed by atoms with Crippen molar-refractivity contribution in [3.8, 4) is 11.5 Å². The van der Waals surface area contributed by atoms with Gasteiger partial charge >= 0.3 is 11.9 Å². The van der Waals surface area contributed by atoms with Gasteiger partial charge in [-0.1, -0.05) is 0 Å². The molecule has 0 spiro atoms. The minimum Gasteiger partial charge on any atom is -0.493 e. The lowest BCUT2D eigenvalue weighted by molar-refractivity contribution is 0.0694. The third-order valence-corrected chi connectivity index (χ3v) is 3.83. The van der Waals surface area contributed by atoms with E-state index in [4.69, 9.17) is 14.6 Å². The molecular formula is C21H17N3O5. The first kappa shape index (κ1) is 19.6. The topological polar surface area (TPSA) is 110 Å². The fraction of sp³-hybridized carbons (Fsp3) is 0.0476. The van der Waals surface area contributed by atoms with E-state index in [2.05, 4.69) is 15.5 Å². The zero-order chi connectivity index (χ0) is 20.6. The number of carboxylic acid groups (broad SMARTS) is 1. The fourth-order valence-corrected chi connectivity index (χ4v) is 2.36. The number of carbonyl (C=O) groups is 2. The van der Waals surface area contributed by atoms with Crippen LogP contribution in [0.5, 0.6) is 11.5 Å². The number of hydrogen-bond acceptors (Lipinski definition) is 7. The summed E-state index contributed by atoms with van der Waals surface area (Å²) in [5.74, 6) is -0.881. The quantitative estimate of drug-likeness (QED) is 0.275. The zero-order valence-electron chi connectivity index (χ0n) is 15.4. The lowest BCUT2D eigenvalue weighted by Crippen LogP contribution is -2.09. The molecule has 1 aromatic heterocycles. The van der Waals surface area contributed by atoms with E-state index < -0.39 is 11.9 Å². The first-order valence-electron chi connectivity index (χ1n) is 8.49. The van der Waals surface area contributed by atoms with E-state index in [1.54, 1.807) is 54.9 Å². The van der Waals surface area contributed by atoms with Crippen LogP contribution < -0.4 is 14.9 Å². The summed E-state index contributed by atoms with van der Waals surface area (Å²) < 4.78 is 10.7. The van der Waals surface area contributed by atoms with Gasteiger partial charge in [-0.25, -0.2) is 9.59 Å². The molecule has 0 saturated carbocycles. The molecule has 0 radical (unpaired) electrons. The highest BCUT2D eigenvalue weighted by molar-refractivity contribution is 5.91. The summed E-state index contributed by atoms with van der Waals surface area (Å²) in [5, 5.41) is 13.0. The standard InChI is InChI=1S/C21H17N3O5/c1-28-19-11-14(12-23-24-17-7-5-15(6-8-17)20(25)26)4-9-18(19)29-21(27)16-3-2-10-22-13-16/h2-13,24H,1H3,(H,25,26)/b23-12+. The van der Waals surface area contributed by atoms with Crippen LogP contribution in [0.15, 0.2) is 72.1 Å². The number of pyridine rings is 1. The summed E-state index contributed by atoms with van der Waals surface area (Å²) >= 11 is 0. The Labute approximate surface area is 166 Å². The Hall–Kier alpha value is -4.20. The molecule has 8 heteroatoms. The molecule has 1 heterocycles. The highest BCUT2D eigenvalue weighted by Crippen LogP contribution is 2.28. The molecule has 0 atom stereocenters. The van der Waals surface area contributed by atoms with Gasteiger partial charge in [0.15, 0.2) is 11.5 Å². The Balaban J connectivity index is 1.67. The van der Waals surface area contributed by atoms with Crippen LogP contribution in [0.25, 0.3) is 0 Å². The van der Waals surface area contributed by atoms with Crippen LogP contribution in [0, 0.1) is 0 Å². The minimum atomic E-state index is -0.989. The Morgan fingerprint density at radius 3 is 2.52 bits per heavy atom. The van der Waals surface area contributed by atoms with Gasteiger partial charge in [0, 0.05) is 12.4 Å². The highest BCUT2D eigenvalue weighted by atomic mass is 16.6. The summed E-state index contributed by atoms with van der Waals surface area (Å²) in [4.78, 5) is 26.9. The Morgan fingerprint density at radius 2 is 1.86 bits per heavy atom. The Kier molecular flexibility index (Phi) is 6.16. The van der Waals surface area contributed by atoms with Crippen molar-refractivity contribution in [1.29, 1.82) is 0 Å². The molecule has 0 fully saturated rings. The van der Waals surface area contributed by atoms with Gasteiger partial charge in [0.2, 0.25) is 0 Å². The number of carbonyl (C=O) groups excluding carboxylic acids is 1. The first-order chi connectivity index (χ1) is 14.1. The average molecular weight is 391 g/mol. The Morgan fingerprint density at radius 1 is 1.07 bits per heavy atom. The van der Waals surface area contributed by atoms with E-state index in [0.29, 0.717) is 22.6 Å². The molecule has 146 valence electrons. The molecule has 0 bridgehead atoms. The predicted molar refractivity (Wildman–Crippen MR) is 107 cm³/mol. The summed E-state index contributed by atoms with van der Waals surface area (Å²) in [5.41, 5.74) is 4.68. The maximum atomic E-state index is 12.2.